The number of carbonyl (C=O) groups is 2. The van der Waals surface area contributed by atoms with Crippen molar-refractivity contribution in [3.63, 3.8) is 0 Å². The number of para-hydroxylation sites is 2. The van der Waals surface area contributed by atoms with Crippen molar-refractivity contribution in [3.05, 3.63) is 34.4 Å². The average molecular weight is 339 g/mol. The number of carbonyl (C=O) groups excluding carboxylic acids is 2. The normalized spacial score (nSPS) is 12.0. The van der Waals surface area contributed by atoms with Crippen LogP contribution < -0.4 is 10.6 Å². The molecule has 0 radical (unpaired) electrons. The first kappa shape index (κ1) is 19.2. The van der Waals surface area contributed by atoms with Gasteiger partial charge in [-0.15, -0.1) is 0 Å². The predicted octanol–water partition coefficient (Wildman–Crippen LogP) is 2.07. The van der Waals surface area contributed by atoms with Gasteiger partial charge < -0.3 is 20.1 Å². The number of anilines is 1. The van der Waals surface area contributed by atoms with Gasteiger partial charge in [0.2, 0.25) is 0 Å². The van der Waals surface area contributed by atoms with E-state index in [0.717, 1.165) is 0 Å². The lowest BCUT2D eigenvalue weighted by atomic mass is 10.2. The van der Waals surface area contributed by atoms with Crippen molar-refractivity contribution in [2.45, 2.75) is 32.4 Å². The van der Waals surface area contributed by atoms with E-state index in [-0.39, 0.29) is 17.9 Å². The number of alkyl carbamates (subject to hydrolysis) is 1. The summed E-state index contributed by atoms with van der Waals surface area (Å²) in [5.41, 5.74) is -0.642. The highest BCUT2D eigenvalue weighted by molar-refractivity contribution is 5.82. The van der Waals surface area contributed by atoms with Crippen molar-refractivity contribution in [2.24, 2.45) is 0 Å². The van der Waals surface area contributed by atoms with Gasteiger partial charge in [0.15, 0.2) is 0 Å². The molecule has 1 unspecified atom stereocenters. The summed E-state index contributed by atoms with van der Waals surface area (Å²) in [6, 6.07) is 4.91. The van der Waals surface area contributed by atoms with Crippen molar-refractivity contribution < 1.29 is 24.0 Å². The Kier molecular flexibility index (Phi) is 6.51. The number of rotatable bonds is 6. The number of hydrogen-bond donors (Lipinski definition) is 2. The monoisotopic (exact) mass is 339 g/mol. The molecule has 132 valence electrons. The third-order valence-corrected chi connectivity index (χ3v) is 2.77. The Bertz CT molecular complexity index is 611. The zero-order valence-corrected chi connectivity index (χ0v) is 14.0. The van der Waals surface area contributed by atoms with Crippen LogP contribution in [0.3, 0.4) is 0 Å². The van der Waals surface area contributed by atoms with E-state index in [2.05, 4.69) is 15.4 Å². The number of nitro groups is 1. The lowest BCUT2D eigenvalue weighted by Crippen LogP contribution is -2.47. The molecule has 1 amide bonds. The molecule has 9 heteroatoms. The van der Waals surface area contributed by atoms with Crippen molar-refractivity contribution >= 4 is 23.4 Å². The number of methoxy groups -OCH3 is 1. The highest BCUT2D eigenvalue weighted by atomic mass is 16.6. The van der Waals surface area contributed by atoms with Crippen LogP contribution in [0.25, 0.3) is 0 Å². The maximum atomic E-state index is 11.8. The van der Waals surface area contributed by atoms with Gasteiger partial charge in [0.25, 0.3) is 5.69 Å². The quantitative estimate of drug-likeness (QED) is 0.462. The number of nitrogens with zero attached hydrogens (tertiary/aromatic N) is 1. The third kappa shape index (κ3) is 6.11. The molecule has 2 N–H and O–H groups in total. The maximum Gasteiger partial charge on any atom is 0.408 e. The molecule has 0 aliphatic rings. The van der Waals surface area contributed by atoms with Gasteiger partial charge >= 0.3 is 12.1 Å². The zero-order valence-electron chi connectivity index (χ0n) is 14.0. The Labute approximate surface area is 139 Å². The van der Waals surface area contributed by atoms with E-state index in [1.807, 2.05) is 0 Å². The minimum absolute atomic E-state index is 0.100. The van der Waals surface area contributed by atoms with E-state index in [1.54, 1.807) is 26.8 Å². The summed E-state index contributed by atoms with van der Waals surface area (Å²) in [7, 11) is 1.18. The fourth-order valence-electron chi connectivity index (χ4n) is 1.78. The van der Waals surface area contributed by atoms with Crippen molar-refractivity contribution in [2.75, 3.05) is 19.0 Å². The summed E-state index contributed by atoms with van der Waals surface area (Å²) < 4.78 is 9.71. The Hall–Kier alpha value is -2.84. The number of amides is 1. The summed E-state index contributed by atoms with van der Waals surface area (Å²) in [5.74, 6) is -0.702. The summed E-state index contributed by atoms with van der Waals surface area (Å²) in [4.78, 5) is 34.0. The van der Waals surface area contributed by atoms with Crippen molar-refractivity contribution in [1.82, 2.24) is 5.32 Å². The summed E-state index contributed by atoms with van der Waals surface area (Å²) in [6.07, 6.45) is -0.790. The molecule has 1 aromatic carbocycles. The highest BCUT2D eigenvalue weighted by Crippen LogP contribution is 2.23. The number of hydrogen-bond acceptors (Lipinski definition) is 7. The summed E-state index contributed by atoms with van der Waals surface area (Å²) in [6.45, 7) is 4.96. The van der Waals surface area contributed by atoms with E-state index in [4.69, 9.17) is 4.74 Å². The largest absolute Gasteiger partial charge is 0.467 e. The van der Waals surface area contributed by atoms with Crippen LogP contribution in [0.1, 0.15) is 20.8 Å². The van der Waals surface area contributed by atoms with Crippen molar-refractivity contribution in [3.8, 4) is 0 Å². The number of nitrogens with one attached hydrogen (secondary N) is 2. The molecule has 24 heavy (non-hydrogen) atoms. The third-order valence-electron chi connectivity index (χ3n) is 2.77. The summed E-state index contributed by atoms with van der Waals surface area (Å²) >= 11 is 0. The zero-order chi connectivity index (χ0) is 18.3. The minimum atomic E-state index is -1.07. The molecule has 0 aromatic heterocycles. The first-order valence-corrected chi connectivity index (χ1v) is 7.18. The van der Waals surface area contributed by atoms with Gasteiger partial charge in [-0.05, 0) is 26.8 Å². The van der Waals surface area contributed by atoms with Crippen LogP contribution in [0.5, 0.6) is 0 Å². The molecule has 1 aromatic rings. The van der Waals surface area contributed by atoms with Gasteiger partial charge in [0.05, 0.1) is 12.0 Å². The first-order chi connectivity index (χ1) is 11.1. The van der Waals surface area contributed by atoms with Gasteiger partial charge in [-0.3, -0.25) is 10.1 Å². The molecule has 1 atom stereocenters. The van der Waals surface area contributed by atoms with Gasteiger partial charge in [0.1, 0.15) is 17.3 Å². The van der Waals surface area contributed by atoms with Crippen LogP contribution in [0.4, 0.5) is 16.2 Å². The van der Waals surface area contributed by atoms with Crippen molar-refractivity contribution in [1.29, 1.82) is 0 Å². The molecular formula is C15H21N3O6. The fraction of sp³-hybridized carbons (Fsp3) is 0.467. The number of benzene rings is 1. The second-order valence-corrected chi connectivity index (χ2v) is 5.88. The van der Waals surface area contributed by atoms with E-state index >= 15 is 0 Å². The van der Waals surface area contributed by atoms with Gasteiger partial charge in [-0.1, -0.05) is 12.1 Å². The van der Waals surface area contributed by atoms with Crippen LogP contribution in [0.15, 0.2) is 24.3 Å². The molecule has 0 saturated carbocycles. The van der Waals surface area contributed by atoms with E-state index < -0.39 is 28.6 Å². The van der Waals surface area contributed by atoms with Gasteiger partial charge in [-0.25, -0.2) is 9.59 Å². The highest BCUT2D eigenvalue weighted by Gasteiger charge is 2.25. The van der Waals surface area contributed by atoms with E-state index in [1.165, 1.54) is 25.3 Å². The second-order valence-electron chi connectivity index (χ2n) is 5.88. The molecule has 1 rings (SSSR count). The topological polar surface area (TPSA) is 120 Å². The number of esters is 1. The van der Waals surface area contributed by atoms with E-state index in [9.17, 15) is 19.7 Å². The molecule has 9 nitrogen and oxygen atoms in total. The molecule has 0 saturated heterocycles. The lowest BCUT2D eigenvalue weighted by molar-refractivity contribution is -0.384. The Morgan fingerprint density at radius 2 is 1.92 bits per heavy atom. The Morgan fingerprint density at radius 1 is 1.29 bits per heavy atom. The SMILES string of the molecule is COC(=O)C(CNc1ccccc1[N+](=O)[O-])NC(=O)OC(C)(C)C. The number of nitro benzene ring substituents is 1. The molecule has 0 heterocycles. The van der Waals surface area contributed by atoms with Gasteiger partial charge in [0, 0.05) is 12.6 Å². The lowest BCUT2D eigenvalue weighted by Gasteiger charge is -2.23. The van der Waals surface area contributed by atoms with E-state index in [0.29, 0.717) is 0 Å². The molecule has 0 spiro atoms. The fourth-order valence-corrected chi connectivity index (χ4v) is 1.78. The smallest absolute Gasteiger partial charge is 0.408 e. The molecular weight excluding hydrogens is 318 g/mol. The second kappa shape index (κ2) is 8.14. The maximum absolute atomic E-state index is 11.8. The van der Waals surface area contributed by atoms with Gasteiger partial charge in [-0.2, -0.15) is 0 Å². The standard InChI is InChI=1S/C15H21N3O6/c1-15(2,3)24-14(20)17-11(13(19)23-4)9-16-10-7-5-6-8-12(10)18(21)22/h5-8,11,16H,9H2,1-4H3,(H,17,20). The summed E-state index contributed by atoms with van der Waals surface area (Å²) in [5, 5.41) is 16.1. The Balaban J connectivity index is 2.79. The molecule has 0 fully saturated rings. The molecule has 0 aliphatic heterocycles. The van der Waals surface area contributed by atoms with Crippen LogP contribution in [0.2, 0.25) is 0 Å². The van der Waals surface area contributed by atoms with Crippen LogP contribution in [0, 0.1) is 10.1 Å². The van der Waals surface area contributed by atoms with Crippen LogP contribution >= 0.6 is 0 Å². The predicted molar refractivity (Wildman–Crippen MR) is 86.8 cm³/mol. The van der Waals surface area contributed by atoms with Crippen LogP contribution in [-0.4, -0.2) is 42.3 Å². The van der Waals surface area contributed by atoms with Crippen LogP contribution in [-0.2, 0) is 14.3 Å². The average Bonchev–Trinajstić information content (AvgIpc) is 2.49. The molecule has 0 aliphatic carbocycles. The number of ether oxygens (including phenoxy) is 2. The minimum Gasteiger partial charge on any atom is -0.467 e. The Morgan fingerprint density at radius 3 is 2.46 bits per heavy atom. The molecule has 0 bridgehead atoms. The first-order valence-electron chi connectivity index (χ1n) is 7.18.